The van der Waals surface area contributed by atoms with Gasteiger partial charge in [-0.1, -0.05) is 0 Å². The maximum Gasteiger partial charge on any atom is 0.473 e. The van der Waals surface area contributed by atoms with Crippen LogP contribution in [0, 0.1) is 5.92 Å². The van der Waals surface area contributed by atoms with E-state index in [1.54, 1.807) is 20.8 Å². The van der Waals surface area contributed by atoms with Crippen molar-refractivity contribution in [3.05, 3.63) is 0 Å². The normalized spacial score (nSPS) is 32.0. The van der Waals surface area contributed by atoms with E-state index in [0.717, 1.165) is 0 Å². The lowest BCUT2D eigenvalue weighted by Crippen LogP contribution is -2.32. The molecule has 3 N–H and O–H groups in total. The van der Waals surface area contributed by atoms with Crippen molar-refractivity contribution in [1.29, 1.82) is 0 Å². The Hall–Kier alpha value is 0.285. The second-order valence-corrected chi connectivity index (χ2v) is 10.2. The van der Waals surface area contributed by atoms with E-state index < -0.39 is 33.2 Å². The first-order chi connectivity index (χ1) is 10.2. The van der Waals surface area contributed by atoms with Crippen LogP contribution in [0.2, 0.25) is 5.82 Å². The third-order valence-corrected chi connectivity index (χ3v) is 5.86. The molecule has 0 saturated heterocycles. The largest absolute Gasteiger partial charge is 0.473 e. The van der Waals surface area contributed by atoms with E-state index in [-0.39, 0.29) is 24.3 Å². The molecule has 0 aliphatic heterocycles. The van der Waals surface area contributed by atoms with Gasteiger partial charge in [-0.15, -0.1) is 0 Å². The van der Waals surface area contributed by atoms with Gasteiger partial charge in [-0.05, 0) is 45.3 Å². The van der Waals surface area contributed by atoms with Crippen LogP contribution in [0.15, 0.2) is 0 Å². The van der Waals surface area contributed by atoms with Gasteiger partial charge in [0.25, 0.3) is 0 Å². The number of methoxy groups -OCH3 is 1. The molecule has 0 radical (unpaired) electrons. The first-order valence-corrected chi connectivity index (χ1v) is 10.8. The first-order valence-electron chi connectivity index (χ1n) is 7.53. The Morgan fingerprint density at radius 1 is 1.17 bits per heavy atom. The molecule has 0 spiro atoms. The van der Waals surface area contributed by atoms with Crippen molar-refractivity contribution in [2.24, 2.45) is 5.92 Å². The summed E-state index contributed by atoms with van der Waals surface area (Å²) in [5.41, 5.74) is -0.839. The zero-order chi connectivity index (χ0) is 18.1. The molecule has 1 aliphatic carbocycles. The zero-order valence-electron chi connectivity index (χ0n) is 14.2. The predicted octanol–water partition coefficient (Wildman–Crippen LogP) is 1.31. The average molecular weight is 372 g/mol. The molecule has 136 valence electrons. The van der Waals surface area contributed by atoms with E-state index >= 15 is 0 Å². The van der Waals surface area contributed by atoms with Crippen LogP contribution in [0.4, 0.5) is 0 Å². The van der Waals surface area contributed by atoms with Crippen molar-refractivity contribution in [2.45, 2.75) is 57.2 Å². The van der Waals surface area contributed by atoms with Crippen molar-refractivity contribution in [1.82, 2.24) is 0 Å². The molecule has 0 bridgehead atoms. The fraction of sp³-hybridized carbons (Fsp3) is 1.00. The minimum Gasteiger partial charge on any atom is -0.378 e. The summed E-state index contributed by atoms with van der Waals surface area (Å²) in [6.45, 7) is 4.94. The van der Waals surface area contributed by atoms with Gasteiger partial charge in [0, 0.05) is 7.11 Å². The van der Waals surface area contributed by atoms with Crippen molar-refractivity contribution in [3.8, 4) is 0 Å². The summed E-state index contributed by atoms with van der Waals surface area (Å²) in [6, 6.07) is 0. The predicted molar refractivity (Wildman–Crippen MR) is 88.3 cm³/mol. The highest BCUT2D eigenvalue weighted by molar-refractivity contribution is 7.51. The molecule has 1 rings (SSSR count). The number of phosphoric acid groups is 1. The van der Waals surface area contributed by atoms with Gasteiger partial charge in [-0.3, -0.25) is 13.6 Å². The maximum atomic E-state index is 12.1. The molecule has 11 heteroatoms. The smallest absolute Gasteiger partial charge is 0.378 e. The van der Waals surface area contributed by atoms with Crippen LogP contribution in [0.3, 0.4) is 0 Å². The molecule has 0 aromatic carbocycles. The number of rotatable bonds is 7. The van der Waals surface area contributed by atoms with E-state index in [0.29, 0.717) is 6.42 Å². The Morgan fingerprint density at radius 3 is 2.17 bits per heavy atom. The van der Waals surface area contributed by atoms with Crippen LogP contribution >= 0.6 is 15.4 Å². The summed E-state index contributed by atoms with van der Waals surface area (Å²) in [6.07, 6.45) is -0.561. The molecule has 1 saturated carbocycles. The average Bonchev–Trinajstić information content (AvgIpc) is 2.58. The Bertz CT molecular complexity index is 488. The Balaban J connectivity index is 2.78. The molecule has 1 aliphatic rings. The van der Waals surface area contributed by atoms with E-state index in [4.69, 9.17) is 23.6 Å². The highest BCUT2D eigenvalue weighted by Crippen LogP contribution is 2.53. The van der Waals surface area contributed by atoms with Gasteiger partial charge in [0.2, 0.25) is 0 Å². The minimum absolute atomic E-state index is 0.0919. The molecule has 8 nitrogen and oxygen atoms in total. The fourth-order valence-electron chi connectivity index (χ4n) is 2.97. The van der Waals surface area contributed by atoms with Crippen LogP contribution < -0.4 is 0 Å². The summed E-state index contributed by atoms with van der Waals surface area (Å²) >= 11 is 0. The van der Waals surface area contributed by atoms with Crippen LogP contribution in [-0.4, -0.2) is 53.6 Å². The lowest BCUT2D eigenvalue weighted by molar-refractivity contribution is -0.0280. The number of ether oxygens (including phenoxy) is 1. The van der Waals surface area contributed by atoms with Crippen molar-refractivity contribution < 1.29 is 37.6 Å². The minimum atomic E-state index is -4.26. The molecule has 5 atom stereocenters. The lowest BCUT2D eigenvalue weighted by atomic mass is 9.83. The first kappa shape index (κ1) is 21.3. The number of hydrogen-bond acceptors (Lipinski definition) is 5. The molecule has 0 aromatic rings. The molecule has 0 aromatic heterocycles. The van der Waals surface area contributed by atoms with E-state index in [1.807, 2.05) is 7.85 Å². The third-order valence-electron chi connectivity index (χ3n) is 3.73. The van der Waals surface area contributed by atoms with Gasteiger partial charge in [0.1, 0.15) is 7.85 Å². The van der Waals surface area contributed by atoms with Crippen LogP contribution in [-0.2, 0) is 22.9 Å². The van der Waals surface area contributed by atoms with Gasteiger partial charge in [-0.2, -0.15) is 0 Å². The van der Waals surface area contributed by atoms with Crippen LogP contribution in [0.5, 0.6) is 0 Å². The van der Waals surface area contributed by atoms with Crippen LogP contribution in [0.1, 0.15) is 33.6 Å². The van der Waals surface area contributed by atoms with Gasteiger partial charge >= 0.3 is 15.4 Å². The summed E-state index contributed by atoms with van der Waals surface area (Å²) in [5.74, 6) is -0.243. The van der Waals surface area contributed by atoms with Crippen molar-refractivity contribution >= 4 is 23.3 Å². The second kappa shape index (κ2) is 7.67. The van der Waals surface area contributed by atoms with Gasteiger partial charge < -0.3 is 19.4 Å². The summed E-state index contributed by atoms with van der Waals surface area (Å²) < 4.78 is 39.0. The van der Waals surface area contributed by atoms with E-state index in [9.17, 15) is 14.0 Å². The highest BCUT2D eigenvalue weighted by Gasteiger charge is 2.46. The molecular weight excluding hydrogens is 345 g/mol. The quantitative estimate of drug-likeness (QED) is 0.452. The van der Waals surface area contributed by atoms with E-state index in [2.05, 4.69) is 0 Å². The fourth-order valence-corrected chi connectivity index (χ4v) is 5.00. The number of phosphoric ester groups is 1. The standard InChI is InChI=1S/C12H27BO8P2/c1-12(2,3)21-23(17,18)20-11-9(13)7-8(10(11)19-4)5-6-22(14,15)16/h8-11H,5-7,13H2,1-4H3,(H,17,18)(H2,14,15,16)/t8-,9?,10+,11-/m0/s1. The van der Waals surface area contributed by atoms with Gasteiger partial charge in [0.15, 0.2) is 0 Å². The van der Waals surface area contributed by atoms with Crippen molar-refractivity contribution in [3.63, 3.8) is 0 Å². The van der Waals surface area contributed by atoms with Crippen LogP contribution in [0.25, 0.3) is 0 Å². The lowest BCUT2D eigenvalue weighted by Gasteiger charge is -2.29. The third kappa shape index (κ3) is 7.37. The molecule has 0 amide bonds. The van der Waals surface area contributed by atoms with Gasteiger partial charge in [-0.25, -0.2) is 4.57 Å². The molecule has 1 fully saturated rings. The zero-order valence-corrected chi connectivity index (χ0v) is 16.0. The molecule has 0 heterocycles. The van der Waals surface area contributed by atoms with Gasteiger partial charge in [0.05, 0.1) is 24.0 Å². The topological polar surface area (TPSA) is 123 Å². The van der Waals surface area contributed by atoms with Crippen molar-refractivity contribution in [2.75, 3.05) is 13.3 Å². The highest BCUT2D eigenvalue weighted by atomic mass is 31.2. The summed E-state index contributed by atoms with van der Waals surface area (Å²) in [7, 11) is -5.04. The Kier molecular flexibility index (Phi) is 7.11. The summed E-state index contributed by atoms with van der Waals surface area (Å²) in [4.78, 5) is 28.0. The maximum absolute atomic E-state index is 12.1. The molecule has 2 unspecified atom stereocenters. The molecule has 23 heavy (non-hydrogen) atoms. The molecular formula is C12H27BO8P2. The Morgan fingerprint density at radius 2 is 1.74 bits per heavy atom. The second-order valence-electron chi connectivity index (χ2n) is 7.09. The van der Waals surface area contributed by atoms with E-state index in [1.165, 1.54) is 7.11 Å². The number of hydrogen-bond donors (Lipinski definition) is 3. The Labute approximate surface area is 138 Å². The SMILES string of the molecule is BC1C[C@H](CCP(=O)(O)O)[C@@H](OC)[C@H]1OP(=O)(O)OC(C)(C)C. The summed E-state index contributed by atoms with van der Waals surface area (Å²) in [5, 5.41) is 0. The monoisotopic (exact) mass is 372 g/mol.